The predicted octanol–water partition coefficient (Wildman–Crippen LogP) is 1.96. The molecule has 1 N–H and O–H groups in total. The molecule has 90 valence electrons. The first-order chi connectivity index (χ1) is 7.26. The van der Waals surface area contributed by atoms with Crippen molar-refractivity contribution < 1.29 is 9.47 Å². The van der Waals surface area contributed by atoms with Crippen LogP contribution in [0, 0.1) is 0 Å². The molecule has 1 unspecified atom stereocenters. The lowest BCUT2D eigenvalue weighted by Gasteiger charge is -2.42. The summed E-state index contributed by atoms with van der Waals surface area (Å²) < 4.78 is 11.2. The molecule has 0 bridgehead atoms. The van der Waals surface area contributed by atoms with E-state index in [4.69, 9.17) is 9.47 Å². The van der Waals surface area contributed by atoms with Gasteiger partial charge in [-0.15, -0.1) is 0 Å². The van der Waals surface area contributed by atoms with Gasteiger partial charge in [0.15, 0.2) is 0 Å². The fraction of sp³-hybridized carbons (Fsp3) is 1.00. The highest BCUT2D eigenvalue weighted by molar-refractivity contribution is 4.92. The average Bonchev–Trinajstić information content (AvgIpc) is 2.21. The van der Waals surface area contributed by atoms with Crippen LogP contribution in [0.3, 0.4) is 0 Å². The second kappa shape index (κ2) is 6.46. The lowest BCUT2D eigenvalue weighted by Crippen LogP contribution is -2.46. The van der Waals surface area contributed by atoms with Crippen LogP contribution in [0.25, 0.3) is 0 Å². The van der Waals surface area contributed by atoms with Gasteiger partial charge in [0.05, 0.1) is 12.2 Å². The van der Waals surface area contributed by atoms with E-state index in [1.54, 1.807) is 0 Å². The number of hydrogen-bond acceptors (Lipinski definition) is 3. The van der Waals surface area contributed by atoms with E-state index < -0.39 is 0 Å². The molecule has 0 radical (unpaired) electrons. The van der Waals surface area contributed by atoms with Gasteiger partial charge in [-0.3, -0.25) is 0 Å². The molecule has 3 heteroatoms. The second-order valence-corrected chi connectivity index (χ2v) is 4.51. The minimum atomic E-state index is 0.142. The fourth-order valence-electron chi connectivity index (χ4n) is 2.13. The molecule has 3 nitrogen and oxygen atoms in total. The lowest BCUT2D eigenvalue weighted by atomic mass is 9.76. The molecule has 1 rings (SSSR count). The Balaban J connectivity index is 2.25. The summed E-state index contributed by atoms with van der Waals surface area (Å²) in [5.41, 5.74) is 0.142. The maximum atomic E-state index is 5.62. The van der Waals surface area contributed by atoms with E-state index in [1.165, 1.54) is 19.3 Å². The van der Waals surface area contributed by atoms with Gasteiger partial charge >= 0.3 is 0 Å². The van der Waals surface area contributed by atoms with Crippen LogP contribution in [0.4, 0.5) is 0 Å². The van der Waals surface area contributed by atoms with Crippen molar-refractivity contribution >= 4 is 0 Å². The molecular weight excluding hydrogens is 190 g/mol. The summed E-state index contributed by atoms with van der Waals surface area (Å²) in [5.74, 6) is 0. The minimum absolute atomic E-state index is 0.142. The molecule has 1 aliphatic carbocycles. The molecule has 0 spiro atoms. The van der Waals surface area contributed by atoms with E-state index in [-0.39, 0.29) is 5.60 Å². The Bertz CT molecular complexity index is 163. The number of nitrogens with one attached hydrogen (secondary N) is 1. The van der Waals surface area contributed by atoms with Crippen LogP contribution in [-0.4, -0.2) is 39.0 Å². The highest BCUT2D eigenvalue weighted by atomic mass is 16.5. The zero-order valence-electron chi connectivity index (χ0n) is 10.3. The van der Waals surface area contributed by atoms with Gasteiger partial charge in [-0.25, -0.2) is 0 Å². The molecule has 1 atom stereocenters. The van der Waals surface area contributed by atoms with Gasteiger partial charge in [0, 0.05) is 19.8 Å². The van der Waals surface area contributed by atoms with Crippen molar-refractivity contribution in [2.75, 3.05) is 27.4 Å². The molecule has 0 amide bonds. The zero-order valence-corrected chi connectivity index (χ0v) is 10.3. The Morgan fingerprint density at radius 3 is 2.53 bits per heavy atom. The number of rotatable bonds is 8. The van der Waals surface area contributed by atoms with Crippen molar-refractivity contribution in [2.24, 2.45) is 0 Å². The van der Waals surface area contributed by atoms with E-state index in [1.807, 2.05) is 14.2 Å². The summed E-state index contributed by atoms with van der Waals surface area (Å²) in [4.78, 5) is 0. The Kier molecular flexibility index (Phi) is 5.58. The molecule has 15 heavy (non-hydrogen) atoms. The standard InChI is InChI=1S/C12H25NO2/c1-4-8-15-10-11(13-2)9-12(14-3)6-5-7-12/h11,13H,4-10H2,1-3H3. The van der Waals surface area contributed by atoms with Crippen LogP contribution in [0.5, 0.6) is 0 Å². The lowest BCUT2D eigenvalue weighted by molar-refractivity contribution is -0.0877. The Morgan fingerprint density at radius 1 is 1.40 bits per heavy atom. The van der Waals surface area contributed by atoms with Gasteiger partial charge < -0.3 is 14.8 Å². The predicted molar refractivity (Wildman–Crippen MR) is 62.2 cm³/mol. The first-order valence-corrected chi connectivity index (χ1v) is 6.06. The Morgan fingerprint density at radius 2 is 2.13 bits per heavy atom. The van der Waals surface area contributed by atoms with Crippen molar-refractivity contribution in [3.63, 3.8) is 0 Å². The van der Waals surface area contributed by atoms with Crippen molar-refractivity contribution in [1.29, 1.82) is 0 Å². The van der Waals surface area contributed by atoms with Gasteiger partial charge in [-0.05, 0) is 39.2 Å². The van der Waals surface area contributed by atoms with Gasteiger partial charge in [0.1, 0.15) is 0 Å². The number of likely N-dealkylation sites (N-methyl/N-ethyl adjacent to an activating group) is 1. The van der Waals surface area contributed by atoms with Gasteiger partial charge in [-0.1, -0.05) is 6.92 Å². The van der Waals surface area contributed by atoms with Crippen molar-refractivity contribution in [2.45, 2.75) is 50.7 Å². The summed E-state index contributed by atoms with van der Waals surface area (Å²) in [5, 5.41) is 3.31. The first-order valence-electron chi connectivity index (χ1n) is 6.06. The molecule has 0 aromatic carbocycles. The molecule has 0 heterocycles. The molecule has 0 aliphatic heterocycles. The third-order valence-electron chi connectivity index (χ3n) is 3.39. The topological polar surface area (TPSA) is 30.5 Å². The third kappa shape index (κ3) is 3.74. The van der Waals surface area contributed by atoms with E-state index in [2.05, 4.69) is 12.2 Å². The molecule has 1 fully saturated rings. The monoisotopic (exact) mass is 215 g/mol. The van der Waals surface area contributed by atoms with Gasteiger partial charge in [0.25, 0.3) is 0 Å². The van der Waals surface area contributed by atoms with Gasteiger partial charge in [-0.2, -0.15) is 0 Å². The van der Waals surface area contributed by atoms with E-state index in [0.717, 1.165) is 26.1 Å². The summed E-state index contributed by atoms with van der Waals surface area (Å²) in [6.07, 6.45) is 5.88. The van der Waals surface area contributed by atoms with Crippen LogP contribution in [0.15, 0.2) is 0 Å². The third-order valence-corrected chi connectivity index (χ3v) is 3.39. The molecule has 1 aliphatic rings. The second-order valence-electron chi connectivity index (χ2n) is 4.51. The Hall–Kier alpha value is -0.120. The van der Waals surface area contributed by atoms with Crippen molar-refractivity contribution in [1.82, 2.24) is 5.32 Å². The zero-order chi connectivity index (χ0) is 11.1. The van der Waals surface area contributed by atoms with Crippen molar-refractivity contribution in [3.8, 4) is 0 Å². The highest BCUT2D eigenvalue weighted by Gasteiger charge is 2.38. The maximum absolute atomic E-state index is 5.62. The summed E-state index contributed by atoms with van der Waals surface area (Å²) in [6, 6.07) is 0.428. The number of ether oxygens (including phenoxy) is 2. The summed E-state index contributed by atoms with van der Waals surface area (Å²) >= 11 is 0. The van der Waals surface area contributed by atoms with E-state index >= 15 is 0 Å². The van der Waals surface area contributed by atoms with Crippen LogP contribution < -0.4 is 5.32 Å². The van der Waals surface area contributed by atoms with Crippen LogP contribution >= 0.6 is 0 Å². The van der Waals surface area contributed by atoms with Crippen LogP contribution in [-0.2, 0) is 9.47 Å². The average molecular weight is 215 g/mol. The van der Waals surface area contributed by atoms with E-state index in [0.29, 0.717) is 6.04 Å². The van der Waals surface area contributed by atoms with Gasteiger partial charge in [0.2, 0.25) is 0 Å². The Labute approximate surface area is 93.5 Å². The molecule has 0 aromatic heterocycles. The summed E-state index contributed by atoms with van der Waals surface area (Å²) in [6.45, 7) is 3.80. The van der Waals surface area contributed by atoms with Crippen LogP contribution in [0.1, 0.15) is 39.0 Å². The molecule has 0 saturated heterocycles. The normalized spacial score (nSPS) is 21.0. The molecule has 0 aromatic rings. The number of methoxy groups -OCH3 is 1. The quantitative estimate of drug-likeness (QED) is 0.628. The van der Waals surface area contributed by atoms with Crippen LogP contribution in [0.2, 0.25) is 0 Å². The van der Waals surface area contributed by atoms with E-state index in [9.17, 15) is 0 Å². The number of hydrogen-bond donors (Lipinski definition) is 1. The minimum Gasteiger partial charge on any atom is -0.380 e. The molecular formula is C12H25NO2. The summed E-state index contributed by atoms with van der Waals surface area (Å²) in [7, 11) is 3.83. The maximum Gasteiger partial charge on any atom is 0.0694 e. The highest BCUT2D eigenvalue weighted by Crippen LogP contribution is 2.38. The first kappa shape index (κ1) is 12.9. The molecule has 1 saturated carbocycles. The smallest absolute Gasteiger partial charge is 0.0694 e. The fourth-order valence-corrected chi connectivity index (χ4v) is 2.13. The SMILES string of the molecule is CCCOCC(CC1(OC)CCC1)NC. The van der Waals surface area contributed by atoms with Crippen molar-refractivity contribution in [3.05, 3.63) is 0 Å². The largest absolute Gasteiger partial charge is 0.380 e.